The Bertz CT molecular complexity index is 700. The second-order valence-electron chi connectivity index (χ2n) is 6.08. The summed E-state index contributed by atoms with van der Waals surface area (Å²) in [7, 11) is 0. The van der Waals surface area contributed by atoms with Crippen LogP contribution in [0.3, 0.4) is 0 Å². The molecule has 1 atom stereocenters. The largest absolute Gasteiger partial charge is 0.355 e. The Kier molecular flexibility index (Phi) is 3.93. The van der Waals surface area contributed by atoms with E-state index in [0.717, 1.165) is 12.0 Å². The molecule has 0 bridgehead atoms. The zero-order valence-electron chi connectivity index (χ0n) is 12.4. The summed E-state index contributed by atoms with van der Waals surface area (Å²) < 4.78 is 5.28. The van der Waals surface area contributed by atoms with E-state index < -0.39 is 0 Å². The predicted octanol–water partition coefficient (Wildman–Crippen LogP) is 2.81. The molecule has 0 saturated carbocycles. The maximum absolute atomic E-state index is 12.5. The number of nitrogens with zero attached hydrogens (tertiary/aromatic N) is 2. The van der Waals surface area contributed by atoms with Gasteiger partial charge in [0, 0.05) is 29.7 Å². The number of nitrogens with two attached hydrogens (primary N) is 1. The molecule has 1 fully saturated rings. The SMILES string of the molecule is CC1(CN)CCN(C(=O)c2cc(-c3cccc(Cl)c3)on2)C1. The number of hydrogen-bond donors (Lipinski definition) is 1. The molecule has 22 heavy (non-hydrogen) atoms. The van der Waals surface area contributed by atoms with Crippen LogP contribution in [0.15, 0.2) is 34.9 Å². The van der Waals surface area contributed by atoms with E-state index in [-0.39, 0.29) is 11.3 Å². The molecule has 116 valence electrons. The number of carbonyl (C=O) groups is 1. The van der Waals surface area contributed by atoms with Gasteiger partial charge in [-0.05, 0) is 30.5 Å². The molecule has 2 aromatic rings. The molecular weight excluding hydrogens is 302 g/mol. The van der Waals surface area contributed by atoms with Crippen LogP contribution >= 0.6 is 11.6 Å². The van der Waals surface area contributed by atoms with E-state index in [1.807, 2.05) is 12.1 Å². The van der Waals surface area contributed by atoms with E-state index >= 15 is 0 Å². The first-order valence-corrected chi connectivity index (χ1v) is 7.61. The summed E-state index contributed by atoms with van der Waals surface area (Å²) in [6, 6.07) is 8.91. The van der Waals surface area contributed by atoms with Crippen molar-refractivity contribution in [3.8, 4) is 11.3 Å². The molecule has 1 aliphatic rings. The summed E-state index contributed by atoms with van der Waals surface area (Å²) in [4.78, 5) is 14.3. The zero-order chi connectivity index (χ0) is 15.7. The highest BCUT2D eigenvalue weighted by Gasteiger charge is 2.36. The third kappa shape index (κ3) is 2.87. The smallest absolute Gasteiger partial charge is 0.276 e. The normalized spacial score (nSPS) is 21.3. The lowest BCUT2D eigenvalue weighted by atomic mass is 9.90. The fourth-order valence-corrected chi connectivity index (χ4v) is 2.87. The van der Waals surface area contributed by atoms with Gasteiger partial charge in [0.1, 0.15) is 0 Å². The van der Waals surface area contributed by atoms with Crippen molar-refractivity contribution < 1.29 is 9.32 Å². The molecule has 1 aliphatic heterocycles. The van der Waals surface area contributed by atoms with E-state index in [1.165, 1.54) is 0 Å². The van der Waals surface area contributed by atoms with Crippen LogP contribution in [-0.4, -0.2) is 35.6 Å². The van der Waals surface area contributed by atoms with Gasteiger partial charge in [-0.1, -0.05) is 35.8 Å². The Labute approximate surface area is 134 Å². The number of amides is 1. The van der Waals surface area contributed by atoms with Gasteiger partial charge in [0.2, 0.25) is 0 Å². The number of aromatic nitrogens is 1. The van der Waals surface area contributed by atoms with Gasteiger partial charge in [0.25, 0.3) is 5.91 Å². The fourth-order valence-electron chi connectivity index (χ4n) is 2.68. The van der Waals surface area contributed by atoms with Crippen LogP contribution in [0, 0.1) is 5.41 Å². The van der Waals surface area contributed by atoms with Gasteiger partial charge in [-0.3, -0.25) is 4.79 Å². The third-order valence-corrected chi connectivity index (χ3v) is 4.41. The zero-order valence-corrected chi connectivity index (χ0v) is 13.1. The molecule has 5 nitrogen and oxygen atoms in total. The number of carbonyl (C=O) groups excluding carboxylic acids is 1. The number of hydrogen-bond acceptors (Lipinski definition) is 4. The quantitative estimate of drug-likeness (QED) is 0.944. The van der Waals surface area contributed by atoms with Gasteiger partial charge in [0.15, 0.2) is 11.5 Å². The first kappa shape index (κ1) is 15.1. The minimum absolute atomic E-state index is 0.00478. The average Bonchev–Trinajstić information content (AvgIpc) is 3.14. The number of benzene rings is 1. The lowest BCUT2D eigenvalue weighted by Gasteiger charge is -2.21. The van der Waals surface area contributed by atoms with Gasteiger partial charge in [0.05, 0.1) is 0 Å². The molecule has 1 unspecified atom stereocenters. The summed E-state index contributed by atoms with van der Waals surface area (Å²) >= 11 is 5.97. The monoisotopic (exact) mass is 319 g/mol. The average molecular weight is 320 g/mol. The highest BCUT2D eigenvalue weighted by molar-refractivity contribution is 6.30. The fraction of sp³-hybridized carbons (Fsp3) is 0.375. The highest BCUT2D eigenvalue weighted by atomic mass is 35.5. The summed E-state index contributed by atoms with van der Waals surface area (Å²) in [5.74, 6) is 0.417. The van der Waals surface area contributed by atoms with Crippen molar-refractivity contribution in [3.63, 3.8) is 0 Å². The van der Waals surface area contributed by atoms with Crippen molar-refractivity contribution in [1.82, 2.24) is 10.1 Å². The molecule has 0 aliphatic carbocycles. The van der Waals surface area contributed by atoms with Crippen molar-refractivity contribution in [2.75, 3.05) is 19.6 Å². The van der Waals surface area contributed by atoms with Crippen LogP contribution < -0.4 is 5.73 Å². The third-order valence-electron chi connectivity index (χ3n) is 4.18. The van der Waals surface area contributed by atoms with Crippen molar-refractivity contribution >= 4 is 17.5 Å². The molecule has 6 heteroatoms. The van der Waals surface area contributed by atoms with Gasteiger partial charge in [-0.15, -0.1) is 0 Å². The summed E-state index contributed by atoms with van der Waals surface area (Å²) in [5, 5.41) is 4.51. The van der Waals surface area contributed by atoms with Crippen molar-refractivity contribution in [3.05, 3.63) is 41.0 Å². The van der Waals surface area contributed by atoms with Crippen LogP contribution in [0.5, 0.6) is 0 Å². The van der Waals surface area contributed by atoms with E-state index in [0.29, 0.717) is 36.1 Å². The maximum atomic E-state index is 12.5. The molecule has 1 aromatic heterocycles. The molecule has 2 heterocycles. The Balaban J connectivity index is 1.78. The highest BCUT2D eigenvalue weighted by Crippen LogP contribution is 2.30. The van der Waals surface area contributed by atoms with Crippen LogP contribution in [0.2, 0.25) is 5.02 Å². The number of halogens is 1. The standard InChI is InChI=1S/C16H18ClN3O2/c1-16(9-18)5-6-20(10-16)15(21)13-8-14(22-19-13)11-3-2-4-12(17)7-11/h2-4,7-8H,5-6,9-10,18H2,1H3. The Hall–Kier alpha value is -1.85. The van der Waals surface area contributed by atoms with Crippen LogP contribution in [0.25, 0.3) is 11.3 Å². The number of likely N-dealkylation sites (tertiary alicyclic amines) is 1. The maximum Gasteiger partial charge on any atom is 0.276 e. The Morgan fingerprint density at radius 2 is 2.32 bits per heavy atom. The van der Waals surface area contributed by atoms with E-state index in [2.05, 4.69) is 12.1 Å². The molecule has 0 radical (unpaired) electrons. The van der Waals surface area contributed by atoms with Crippen LogP contribution in [0.4, 0.5) is 0 Å². The lowest BCUT2D eigenvalue weighted by molar-refractivity contribution is 0.0766. The topological polar surface area (TPSA) is 72.4 Å². The molecule has 3 rings (SSSR count). The first-order valence-electron chi connectivity index (χ1n) is 7.23. The minimum Gasteiger partial charge on any atom is -0.355 e. The van der Waals surface area contributed by atoms with Crippen molar-refractivity contribution in [2.45, 2.75) is 13.3 Å². The lowest BCUT2D eigenvalue weighted by Crippen LogP contribution is -2.34. The molecule has 2 N–H and O–H groups in total. The summed E-state index contributed by atoms with van der Waals surface area (Å²) in [6.45, 7) is 4.03. The summed E-state index contributed by atoms with van der Waals surface area (Å²) in [6.07, 6.45) is 0.911. The van der Waals surface area contributed by atoms with Gasteiger partial charge >= 0.3 is 0 Å². The van der Waals surface area contributed by atoms with Crippen molar-refractivity contribution in [1.29, 1.82) is 0 Å². The van der Waals surface area contributed by atoms with Crippen LogP contribution in [-0.2, 0) is 0 Å². The minimum atomic E-state index is -0.116. The Morgan fingerprint density at radius 1 is 1.50 bits per heavy atom. The first-order chi connectivity index (χ1) is 10.5. The molecule has 1 amide bonds. The van der Waals surface area contributed by atoms with Crippen molar-refractivity contribution in [2.24, 2.45) is 11.1 Å². The van der Waals surface area contributed by atoms with E-state index in [9.17, 15) is 4.79 Å². The number of rotatable bonds is 3. The summed E-state index contributed by atoms with van der Waals surface area (Å²) in [5.41, 5.74) is 6.89. The second-order valence-corrected chi connectivity index (χ2v) is 6.51. The van der Waals surface area contributed by atoms with Gasteiger partial charge in [-0.2, -0.15) is 0 Å². The molecule has 0 spiro atoms. The van der Waals surface area contributed by atoms with E-state index in [4.69, 9.17) is 21.9 Å². The van der Waals surface area contributed by atoms with E-state index in [1.54, 1.807) is 23.1 Å². The van der Waals surface area contributed by atoms with Crippen LogP contribution in [0.1, 0.15) is 23.8 Å². The predicted molar refractivity (Wildman–Crippen MR) is 84.6 cm³/mol. The molecule has 1 aromatic carbocycles. The second kappa shape index (κ2) is 5.74. The van der Waals surface area contributed by atoms with Gasteiger partial charge in [-0.25, -0.2) is 0 Å². The molecular formula is C16H18ClN3O2. The Morgan fingerprint density at radius 3 is 3.00 bits per heavy atom. The van der Waals surface area contributed by atoms with Gasteiger partial charge < -0.3 is 15.2 Å². The molecule has 1 saturated heterocycles.